The summed E-state index contributed by atoms with van der Waals surface area (Å²) < 4.78 is 0.768. The SMILES string of the molecule is CC(Sc1cccc(NC(=O)/C(=C\c2ccccc2[N+](=O)[O-])NC(=O)c2ccccc2)c1)C(=O)Nc1ccccc1Br. The zero-order chi connectivity index (χ0) is 30.1. The van der Waals surface area contributed by atoms with E-state index in [2.05, 4.69) is 31.9 Å². The van der Waals surface area contributed by atoms with Crippen LogP contribution in [0.15, 0.2) is 118 Å². The predicted molar refractivity (Wildman–Crippen MR) is 168 cm³/mol. The fourth-order valence-electron chi connectivity index (χ4n) is 3.77. The third-order valence-corrected chi connectivity index (χ3v) is 7.65. The van der Waals surface area contributed by atoms with E-state index in [9.17, 15) is 24.5 Å². The minimum absolute atomic E-state index is 0.148. The van der Waals surface area contributed by atoms with Crippen LogP contribution >= 0.6 is 27.7 Å². The molecule has 0 aliphatic carbocycles. The first-order valence-electron chi connectivity index (χ1n) is 12.7. The molecule has 212 valence electrons. The van der Waals surface area contributed by atoms with Gasteiger partial charge in [0.2, 0.25) is 5.91 Å². The van der Waals surface area contributed by atoms with Crippen molar-refractivity contribution in [3.8, 4) is 0 Å². The maximum absolute atomic E-state index is 13.4. The molecule has 0 radical (unpaired) electrons. The van der Waals surface area contributed by atoms with Crippen molar-refractivity contribution < 1.29 is 19.3 Å². The Labute approximate surface area is 254 Å². The highest BCUT2D eigenvalue weighted by molar-refractivity contribution is 9.10. The first-order chi connectivity index (χ1) is 20.2. The van der Waals surface area contributed by atoms with Gasteiger partial charge in [-0.1, -0.05) is 48.5 Å². The van der Waals surface area contributed by atoms with Crippen molar-refractivity contribution in [2.45, 2.75) is 17.1 Å². The molecule has 11 heteroatoms. The molecule has 3 amide bonds. The molecule has 0 bridgehead atoms. The Bertz CT molecular complexity index is 1660. The molecule has 4 aromatic rings. The lowest BCUT2D eigenvalue weighted by molar-refractivity contribution is -0.385. The number of nitro benzene ring substituents is 1. The lowest BCUT2D eigenvalue weighted by Crippen LogP contribution is -2.30. The second-order valence-electron chi connectivity index (χ2n) is 8.91. The molecule has 0 aliphatic heterocycles. The fourth-order valence-corrected chi connectivity index (χ4v) is 5.08. The molecule has 0 fully saturated rings. The van der Waals surface area contributed by atoms with E-state index in [4.69, 9.17) is 0 Å². The number of hydrogen-bond donors (Lipinski definition) is 3. The Morgan fingerprint density at radius 3 is 2.31 bits per heavy atom. The average Bonchev–Trinajstić information content (AvgIpc) is 2.98. The minimum atomic E-state index is -0.681. The second kappa shape index (κ2) is 14.2. The van der Waals surface area contributed by atoms with Crippen molar-refractivity contribution in [3.63, 3.8) is 0 Å². The highest BCUT2D eigenvalue weighted by Crippen LogP contribution is 2.28. The van der Waals surface area contributed by atoms with E-state index in [1.54, 1.807) is 67.6 Å². The normalized spacial score (nSPS) is 11.7. The van der Waals surface area contributed by atoms with E-state index in [-0.39, 0.29) is 22.9 Å². The molecule has 0 saturated heterocycles. The monoisotopic (exact) mass is 644 g/mol. The van der Waals surface area contributed by atoms with Crippen LogP contribution in [0.3, 0.4) is 0 Å². The molecule has 1 unspecified atom stereocenters. The maximum atomic E-state index is 13.4. The number of amides is 3. The van der Waals surface area contributed by atoms with Crippen LogP contribution in [-0.2, 0) is 9.59 Å². The summed E-state index contributed by atoms with van der Waals surface area (Å²) in [6.45, 7) is 1.77. The summed E-state index contributed by atoms with van der Waals surface area (Å²) in [6.07, 6.45) is 1.26. The van der Waals surface area contributed by atoms with Gasteiger partial charge in [0, 0.05) is 26.7 Å². The van der Waals surface area contributed by atoms with Gasteiger partial charge in [-0.3, -0.25) is 24.5 Å². The average molecular weight is 646 g/mol. The topological polar surface area (TPSA) is 130 Å². The molecule has 9 nitrogen and oxygen atoms in total. The molecule has 42 heavy (non-hydrogen) atoms. The number of carbonyl (C=O) groups excluding carboxylic acids is 3. The van der Waals surface area contributed by atoms with E-state index in [1.165, 1.54) is 36.0 Å². The third-order valence-electron chi connectivity index (χ3n) is 5.87. The number of halogens is 1. The van der Waals surface area contributed by atoms with Crippen LogP contribution in [0.1, 0.15) is 22.8 Å². The molecule has 0 heterocycles. The molecule has 0 aromatic heterocycles. The van der Waals surface area contributed by atoms with Gasteiger partial charge >= 0.3 is 0 Å². The number of para-hydroxylation sites is 2. The lowest BCUT2D eigenvalue weighted by Gasteiger charge is -2.14. The summed E-state index contributed by atoms with van der Waals surface area (Å²) in [5.41, 5.74) is 1.13. The Hall–Kier alpha value is -4.74. The van der Waals surface area contributed by atoms with Gasteiger partial charge in [0.25, 0.3) is 17.5 Å². The Morgan fingerprint density at radius 1 is 0.881 bits per heavy atom. The van der Waals surface area contributed by atoms with Crippen LogP contribution in [0, 0.1) is 10.1 Å². The highest BCUT2D eigenvalue weighted by Gasteiger charge is 2.19. The summed E-state index contributed by atoms with van der Waals surface area (Å²) in [7, 11) is 0. The zero-order valence-electron chi connectivity index (χ0n) is 22.2. The Morgan fingerprint density at radius 2 is 1.57 bits per heavy atom. The van der Waals surface area contributed by atoms with Gasteiger partial charge in [-0.15, -0.1) is 11.8 Å². The number of benzene rings is 4. The van der Waals surface area contributed by atoms with Crippen molar-refractivity contribution in [3.05, 3.63) is 135 Å². The van der Waals surface area contributed by atoms with Crippen LogP contribution < -0.4 is 16.0 Å². The quantitative estimate of drug-likeness (QED) is 0.0746. The van der Waals surface area contributed by atoms with Gasteiger partial charge in [0.1, 0.15) is 5.70 Å². The van der Waals surface area contributed by atoms with Crippen LogP contribution in [0.4, 0.5) is 17.1 Å². The first-order valence-corrected chi connectivity index (χ1v) is 14.3. The van der Waals surface area contributed by atoms with Gasteiger partial charge in [-0.2, -0.15) is 0 Å². The van der Waals surface area contributed by atoms with Crippen molar-refractivity contribution >= 4 is 68.6 Å². The van der Waals surface area contributed by atoms with Crippen LogP contribution in [-0.4, -0.2) is 27.9 Å². The number of hydrogen-bond acceptors (Lipinski definition) is 6. The van der Waals surface area contributed by atoms with Crippen LogP contribution in [0.2, 0.25) is 0 Å². The molecular weight excluding hydrogens is 620 g/mol. The second-order valence-corrected chi connectivity index (χ2v) is 11.2. The molecule has 0 aliphatic rings. The van der Waals surface area contributed by atoms with E-state index in [0.717, 1.165) is 9.37 Å². The van der Waals surface area contributed by atoms with E-state index < -0.39 is 22.0 Å². The molecule has 1 atom stereocenters. The molecule has 4 aromatic carbocycles. The van der Waals surface area contributed by atoms with Crippen molar-refractivity contribution in [1.29, 1.82) is 0 Å². The maximum Gasteiger partial charge on any atom is 0.276 e. The number of rotatable bonds is 10. The lowest BCUT2D eigenvalue weighted by atomic mass is 10.1. The number of nitrogens with one attached hydrogen (secondary N) is 3. The van der Waals surface area contributed by atoms with E-state index in [0.29, 0.717) is 16.9 Å². The fraction of sp³-hybridized carbons (Fsp3) is 0.0645. The van der Waals surface area contributed by atoms with Crippen LogP contribution in [0.5, 0.6) is 0 Å². The van der Waals surface area contributed by atoms with Gasteiger partial charge in [0.05, 0.1) is 21.4 Å². The number of carbonyl (C=O) groups is 3. The Balaban J connectivity index is 1.53. The standard InChI is InChI=1S/C31H25BrN4O5S/c1-20(29(37)34-26-16-7-6-15-25(26)32)42-24-14-9-13-23(19-24)33-31(39)27(35-30(38)21-10-3-2-4-11-21)18-22-12-5-8-17-28(22)36(40)41/h2-20H,1H3,(H,33,39)(H,34,37)(H,35,38)/b27-18+. The summed E-state index contributed by atoms with van der Waals surface area (Å²) >= 11 is 4.72. The third kappa shape index (κ3) is 8.15. The largest absolute Gasteiger partial charge is 0.324 e. The summed E-state index contributed by atoms with van der Waals surface area (Å²) in [5.74, 6) is -1.43. The smallest absolute Gasteiger partial charge is 0.276 e. The van der Waals surface area contributed by atoms with E-state index in [1.807, 2.05) is 24.3 Å². The zero-order valence-corrected chi connectivity index (χ0v) is 24.6. The summed E-state index contributed by atoms with van der Waals surface area (Å²) in [6, 6.07) is 28.4. The van der Waals surface area contributed by atoms with Gasteiger partial charge in [0.15, 0.2) is 0 Å². The molecule has 4 rings (SSSR count). The van der Waals surface area contributed by atoms with E-state index >= 15 is 0 Å². The first kappa shape index (κ1) is 30.2. The van der Waals surface area contributed by atoms with Crippen molar-refractivity contribution in [2.24, 2.45) is 0 Å². The molecule has 3 N–H and O–H groups in total. The summed E-state index contributed by atoms with van der Waals surface area (Å²) in [5, 5.41) is 19.3. The van der Waals surface area contributed by atoms with Crippen molar-refractivity contribution in [1.82, 2.24) is 5.32 Å². The molecule has 0 saturated carbocycles. The van der Waals surface area contributed by atoms with Gasteiger partial charge in [-0.25, -0.2) is 0 Å². The van der Waals surface area contributed by atoms with Gasteiger partial charge < -0.3 is 16.0 Å². The van der Waals surface area contributed by atoms with Crippen LogP contribution in [0.25, 0.3) is 6.08 Å². The number of thioether (sulfide) groups is 1. The minimum Gasteiger partial charge on any atom is -0.324 e. The molecule has 0 spiro atoms. The molecular formula is C31H25BrN4O5S. The number of nitrogens with zero attached hydrogens (tertiary/aromatic N) is 1. The predicted octanol–water partition coefficient (Wildman–Crippen LogP) is 6.89. The number of anilines is 2. The van der Waals surface area contributed by atoms with Gasteiger partial charge in [-0.05, 0) is 77.5 Å². The highest BCUT2D eigenvalue weighted by atomic mass is 79.9. The Kier molecular flexibility index (Phi) is 10.2. The van der Waals surface area contributed by atoms with Crippen molar-refractivity contribution in [2.75, 3.05) is 10.6 Å². The summed E-state index contributed by atoms with van der Waals surface area (Å²) in [4.78, 5) is 50.8. The number of nitro groups is 1.